The summed E-state index contributed by atoms with van der Waals surface area (Å²) in [6.45, 7) is 21.5. The summed E-state index contributed by atoms with van der Waals surface area (Å²) >= 11 is 24.7. The van der Waals surface area contributed by atoms with Gasteiger partial charge in [0.2, 0.25) is 0 Å². The average Bonchev–Trinajstić information content (AvgIpc) is 1.54. The number of alkyl halides is 4. The molecule has 10 N–H and O–H groups in total. The predicted molar refractivity (Wildman–Crippen MR) is 510 cm³/mol. The lowest BCUT2D eigenvalue weighted by molar-refractivity contribution is -0.163. The van der Waals surface area contributed by atoms with E-state index in [4.69, 9.17) is 51.1 Å². The van der Waals surface area contributed by atoms with E-state index >= 15 is 0 Å². The Kier molecular flexibility index (Phi) is 27.0. The van der Waals surface area contributed by atoms with E-state index in [1.165, 1.54) is 6.92 Å². The molecule has 4 aliphatic carbocycles. The van der Waals surface area contributed by atoms with Crippen LogP contribution in [0.4, 0.5) is 40.3 Å². The normalized spacial score (nSPS) is 19.1. The second-order valence-corrected chi connectivity index (χ2v) is 42.6. The van der Waals surface area contributed by atoms with Crippen molar-refractivity contribution in [2.45, 2.75) is 238 Å². The maximum absolute atomic E-state index is 14.0. The smallest absolute Gasteiger partial charge is 0.293 e. The molecule has 5 aromatic heterocycles. The van der Waals surface area contributed by atoms with Crippen molar-refractivity contribution >= 4 is 155 Å². The predicted octanol–water partition coefficient (Wildman–Crippen LogP) is 13.9. The van der Waals surface area contributed by atoms with E-state index in [0.717, 1.165) is 52.9 Å². The number of anilines is 4. The van der Waals surface area contributed by atoms with E-state index in [1.807, 2.05) is 60.5 Å². The standard InChI is InChI=1S/C27H31ClF2N4O5S.C26H26ClF2N3O4.C23H23ClN6O3.C22H24ClN3O4/c1-15-6-7-17(9-18(15)28)32-23(36)21-16(2)20(19-5-4-8-34(19)21)22(35)24(37)33-26(10-27(29,30)11-26)12-31-25(3)13-40(38,39)14-25;1-4-19(33)25(10-26(28,29)11-25)31-24(36)22(34)20-13(3)21(32-17-7-14(17)8-18(20)32)23(35)30-15-6-5-12(2)16(27)9-15;1-12-5-6-14(10-15(12)24)26-21(32)19-13(2)18(16-4-3-9-30(16)19)20(31)22(33)27-23(7-8-23)17-11-25-29-28-17;1-12-6-7-14(9-15(12)23)24-20(28)18-13(2)17(16-5-4-8-26(16)18)19(27)21(29)25-22(3)10-30-11-22/h6-7,9,31H,4-5,8,10-14H2,1-3H3,(H,32,36)(H,33,37);5-6,9,14,17H,4,7-8,10-11H2,1-3H3,(H,30,35)(H,31,36);5-6,10-11H,3-4,7-9H2,1-2H3,(H,26,32)(H,27,33)(H,25,28,29);6-7,9H,4-5,8,10-11H2,1-3H3,(H,24,28)(H,25,29)/t;14-,17-;;/m.1../s1. The molecule has 0 unspecified atom stereocenters. The van der Waals surface area contributed by atoms with Crippen LogP contribution in [0.3, 0.4) is 0 Å². The van der Waals surface area contributed by atoms with Crippen molar-refractivity contribution < 1.29 is 93.0 Å². The third-order valence-corrected chi connectivity index (χ3v) is 31.6. The van der Waals surface area contributed by atoms with Crippen molar-refractivity contribution in [2.24, 2.45) is 5.92 Å². The molecule has 0 bridgehead atoms. The number of aromatic nitrogens is 7. The molecule has 0 radical (unpaired) electrons. The van der Waals surface area contributed by atoms with Gasteiger partial charge in [0.25, 0.3) is 82.2 Å². The van der Waals surface area contributed by atoms with Crippen LogP contribution < -0.4 is 47.9 Å². The third kappa shape index (κ3) is 19.8. The van der Waals surface area contributed by atoms with Gasteiger partial charge in [-0.3, -0.25) is 62.3 Å². The first-order valence-corrected chi connectivity index (χ1v) is 49.1. The van der Waals surface area contributed by atoms with Crippen molar-refractivity contribution in [1.29, 1.82) is 0 Å². The number of halogens is 8. The number of nitrogens with zero attached hydrogens (tertiary/aromatic N) is 6. The SMILES string of the molecule is CCC(=O)C1(NC(=O)C(=O)c2c(C)c(C(=O)Nc3ccc(C)c(Cl)c3)n3c2C[C@H]2C[C@H]23)CC(F)(F)C1.Cc1ccc(NC(=O)c2c(C)c(C(=O)C(=O)NC3(C)COC3)c3n2CCC3)cc1Cl.Cc1ccc(NC(=O)c2c(C)c(C(=O)C(=O)NC3(CNC4(C)CS(=O)(=O)C4)CC(F)(F)C3)c3n2CCC3)cc1Cl.Cc1ccc(NC(=O)c2c(C)c(C(=O)C(=O)NC3(c4cn[nH]n4)CC3)c3n2CCC3)cc1Cl. The molecule has 0 spiro atoms. The first-order chi connectivity index (χ1) is 65.4. The zero-order valence-electron chi connectivity index (χ0n) is 78.1. The van der Waals surface area contributed by atoms with E-state index in [0.29, 0.717) is 182 Å². The van der Waals surface area contributed by atoms with Crippen LogP contribution in [0.1, 0.15) is 254 Å². The summed E-state index contributed by atoms with van der Waals surface area (Å²) in [5.41, 5.74) is 7.71. The van der Waals surface area contributed by atoms with Crippen LogP contribution in [-0.4, -0.2) is 184 Å². The summed E-state index contributed by atoms with van der Waals surface area (Å²) < 4.78 is 91.0. The van der Waals surface area contributed by atoms with Crippen LogP contribution >= 0.6 is 46.4 Å². The number of nitrogens with one attached hydrogen (secondary N) is 10. The Labute approximate surface area is 816 Å². The second-order valence-electron chi connectivity index (χ2n) is 38.9. The Morgan fingerprint density at radius 3 is 1.19 bits per heavy atom. The quantitative estimate of drug-likeness (QED) is 0.0137. The highest BCUT2D eigenvalue weighted by molar-refractivity contribution is 7.93. The van der Waals surface area contributed by atoms with Gasteiger partial charge >= 0.3 is 0 Å². The molecule has 10 aliphatic rings. The fourth-order valence-corrected chi connectivity index (χ4v) is 23.3. The van der Waals surface area contributed by atoms with Gasteiger partial charge < -0.3 is 70.9 Å². The minimum absolute atomic E-state index is 0.0398. The Morgan fingerprint density at radius 2 is 0.849 bits per heavy atom. The third-order valence-electron chi connectivity index (χ3n) is 27.9. The number of rotatable bonds is 26. The van der Waals surface area contributed by atoms with Gasteiger partial charge in [0.15, 0.2) is 15.6 Å². The van der Waals surface area contributed by atoms with Gasteiger partial charge in [-0.15, -0.1) is 0 Å². The van der Waals surface area contributed by atoms with Gasteiger partial charge in [0.1, 0.15) is 34.0 Å². The lowest BCUT2D eigenvalue weighted by atomic mass is 9.69. The lowest BCUT2D eigenvalue weighted by Gasteiger charge is -2.50. The number of sulfone groups is 1. The van der Waals surface area contributed by atoms with Gasteiger partial charge in [-0.05, 0) is 232 Å². The second kappa shape index (κ2) is 37.5. The number of H-pyrrole nitrogens is 1. The van der Waals surface area contributed by atoms with E-state index in [9.17, 15) is 88.3 Å². The molecule has 2 saturated heterocycles. The van der Waals surface area contributed by atoms with Crippen molar-refractivity contribution in [1.82, 2.24) is 60.3 Å². The number of carbonyl (C=O) groups excluding carboxylic acids is 13. The summed E-state index contributed by atoms with van der Waals surface area (Å²) in [4.78, 5) is 170. The van der Waals surface area contributed by atoms with Gasteiger partial charge in [-0.25, -0.2) is 26.0 Å². The molecule has 734 valence electrons. The van der Waals surface area contributed by atoms with Crippen molar-refractivity contribution in [3.05, 3.63) is 217 Å². The maximum atomic E-state index is 14.0. The highest BCUT2D eigenvalue weighted by Gasteiger charge is 2.63. The monoisotopic (exact) mass is 2010 g/mol. The van der Waals surface area contributed by atoms with Crippen LogP contribution in [0.25, 0.3) is 0 Å². The minimum atomic E-state index is -3.17. The Hall–Kier alpha value is -12.0. The lowest BCUT2D eigenvalue weighted by Crippen LogP contribution is -2.71. The molecule has 9 aromatic rings. The van der Waals surface area contributed by atoms with Gasteiger partial charge in [0.05, 0.1) is 69.8 Å². The highest BCUT2D eigenvalue weighted by Crippen LogP contribution is 2.55. The number of ketones is 5. The minimum Gasteiger partial charge on any atom is -0.376 e. The number of aryl methyl sites for hydroxylation is 4. The van der Waals surface area contributed by atoms with E-state index in [1.54, 1.807) is 106 Å². The summed E-state index contributed by atoms with van der Waals surface area (Å²) in [7, 11) is -3.17. The number of carbonyl (C=O) groups is 13. The van der Waals surface area contributed by atoms with Crippen LogP contribution in [0.5, 0.6) is 0 Å². The van der Waals surface area contributed by atoms with Crippen molar-refractivity contribution in [3.63, 3.8) is 0 Å². The van der Waals surface area contributed by atoms with Crippen LogP contribution in [-0.2, 0) is 89.4 Å². The van der Waals surface area contributed by atoms with Gasteiger partial charge in [0, 0.05) is 135 Å². The zero-order valence-corrected chi connectivity index (χ0v) is 81.9. The average molecular weight is 2010 g/mol. The number of fused-ring (bicyclic) bond motifs is 6. The number of hydrogen-bond acceptors (Lipinski definition) is 19. The number of ether oxygens (including phenoxy) is 1. The molecule has 41 heteroatoms. The molecule has 6 aliphatic heterocycles. The molecule has 139 heavy (non-hydrogen) atoms. The molecule has 2 atom stereocenters. The van der Waals surface area contributed by atoms with E-state index in [-0.39, 0.29) is 70.8 Å². The number of Topliss-reactive ketones (excluding diaryl/α,β-unsaturated/α-hetero) is 5. The first-order valence-electron chi connectivity index (χ1n) is 45.8. The number of benzene rings is 4. The van der Waals surface area contributed by atoms with Crippen molar-refractivity contribution in [2.75, 3.05) is 52.5 Å². The number of aromatic amines is 1. The topological polar surface area (TPSA) is 435 Å². The molecule has 32 nitrogen and oxygen atoms in total. The maximum Gasteiger partial charge on any atom is 0.293 e. The highest BCUT2D eigenvalue weighted by atomic mass is 35.5. The fraction of sp³-hybridized carbons (Fsp3) is 0.439. The van der Waals surface area contributed by atoms with E-state index in [2.05, 4.69) is 63.3 Å². The molecule has 19 rings (SSSR count). The summed E-state index contributed by atoms with van der Waals surface area (Å²) in [5.74, 6) is -14.7. The van der Waals surface area contributed by atoms with Crippen LogP contribution in [0, 0.1) is 61.3 Å². The summed E-state index contributed by atoms with van der Waals surface area (Å²) in [6, 6.07) is 20.9. The number of amides is 8. The molecule has 4 aromatic carbocycles. The van der Waals surface area contributed by atoms with Gasteiger partial charge in [-0.2, -0.15) is 15.4 Å². The van der Waals surface area contributed by atoms with Crippen LogP contribution in [0.2, 0.25) is 20.1 Å². The zero-order chi connectivity index (χ0) is 100. The van der Waals surface area contributed by atoms with Gasteiger partial charge in [-0.1, -0.05) is 77.6 Å². The Balaban J connectivity index is 0.000000134. The molecule has 11 heterocycles. The Bertz CT molecular complexity index is 6840. The summed E-state index contributed by atoms with van der Waals surface area (Å²) in [5, 5.41) is 37.3. The molecule has 6 fully saturated rings. The van der Waals surface area contributed by atoms with E-state index < -0.39 is 139 Å². The largest absolute Gasteiger partial charge is 0.376 e. The Morgan fingerprint density at radius 1 is 0.482 bits per heavy atom. The molecular weight excluding hydrogens is 1910 g/mol. The van der Waals surface area contributed by atoms with Crippen LogP contribution in [0.15, 0.2) is 79.0 Å². The fourth-order valence-electron chi connectivity index (χ4n) is 20.6. The molecular formula is C98H104Cl4F4N16O16S. The molecule has 8 amide bonds. The molecule has 4 saturated carbocycles. The van der Waals surface area contributed by atoms with Crippen molar-refractivity contribution in [3.8, 4) is 0 Å². The summed E-state index contributed by atoms with van der Waals surface area (Å²) in [6.07, 6.45) is 5.39. The number of hydrogen-bond donors (Lipinski definition) is 10. The first kappa shape index (κ1) is 100.0.